The van der Waals surface area contributed by atoms with Gasteiger partial charge in [-0.2, -0.15) is 17.6 Å². The van der Waals surface area contributed by atoms with Crippen molar-refractivity contribution >= 4 is 22.6 Å². The van der Waals surface area contributed by atoms with Crippen molar-refractivity contribution in [3.05, 3.63) is 0 Å². The summed E-state index contributed by atoms with van der Waals surface area (Å²) in [5, 5.41) is 0. The van der Waals surface area contributed by atoms with Gasteiger partial charge in [-0.15, -0.1) is 0 Å². The molecule has 0 saturated heterocycles. The van der Waals surface area contributed by atoms with Crippen LogP contribution in [-0.4, -0.2) is 15.3 Å². The van der Waals surface area contributed by atoms with Gasteiger partial charge in [-0.1, -0.05) is 29.5 Å². The SMILES string of the molecule is CC12CCC(I)(CC1)C(F)(F)C2(F)F. The maximum atomic E-state index is 13.6. The third-order valence-corrected chi connectivity index (χ3v) is 5.62. The van der Waals surface area contributed by atoms with Gasteiger partial charge in [0.2, 0.25) is 0 Å². The normalized spacial score (nSPS) is 49.3. The van der Waals surface area contributed by atoms with Crippen LogP contribution in [0, 0.1) is 5.41 Å². The monoisotopic (exact) mass is 322 g/mol. The van der Waals surface area contributed by atoms with Crippen molar-refractivity contribution in [1.82, 2.24) is 0 Å². The Morgan fingerprint density at radius 1 is 0.857 bits per heavy atom. The summed E-state index contributed by atoms with van der Waals surface area (Å²) in [7, 11) is 0. The van der Waals surface area contributed by atoms with Crippen molar-refractivity contribution in [1.29, 1.82) is 0 Å². The van der Waals surface area contributed by atoms with E-state index >= 15 is 0 Å². The Hall–Kier alpha value is 0.450. The smallest absolute Gasteiger partial charge is 0.199 e. The predicted molar refractivity (Wildman–Crippen MR) is 53.2 cm³/mol. The van der Waals surface area contributed by atoms with Gasteiger partial charge in [0.1, 0.15) is 0 Å². The molecule has 0 aromatic rings. The minimum atomic E-state index is -3.86. The maximum Gasteiger partial charge on any atom is 0.324 e. The van der Waals surface area contributed by atoms with Gasteiger partial charge in [-0.25, -0.2) is 0 Å². The van der Waals surface area contributed by atoms with Gasteiger partial charge in [0.05, 0.1) is 3.42 Å². The molecule has 3 aliphatic carbocycles. The molecule has 0 spiro atoms. The molecule has 3 saturated carbocycles. The lowest BCUT2D eigenvalue weighted by Crippen LogP contribution is -2.69. The molecule has 2 bridgehead atoms. The van der Waals surface area contributed by atoms with Gasteiger partial charge in [0.15, 0.2) is 0 Å². The average molecular weight is 322 g/mol. The van der Waals surface area contributed by atoms with E-state index in [1.165, 1.54) is 29.5 Å². The van der Waals surface area contributed by atoms with Crippen LogP contribution in [0.15, 0.2) is 0 Å². The second-order valence-electron chi connectivity index (χ2n) is 4.67. The summed E-state index contributed by atoms with van der Waals surface area (Å²) in [6.45, 7) is 1.29. The number of alkyl halides is 5. The van der Waals surface area contributed by atoms with E-state index in [9.17, 15) is 17.6 Å². The Kier molecular flexibility index (Phi) is 2.01. The molecule has 5 heteroatoms. The van der Waals surface area contributed by atoms with Crippen LogP contribution in [0.4, 0.5) is 17.6 Å². The van der Waals surface area contributed by atoms with Gasteiger partial charge >= 0.3 is 11.8 Å². The van der Waals surface area contributed by atoms with Crippen molar-refractivity contribution in [2.24, 2.45) is 5.41 Å². The molecule has 14 heavy (non-hydrogen) atoms. The van der Waals surface area contributed by atoms with E-state index in [0.29, 0.717) is 0 Å². The van der Waals surface area contributed by atoms with Crippen LogP contribution in [0.2, 0.25) is 0 Å². The molecule has 0 heterocycles. The van der Waals surface area contributed by atoms with Gasteiger partial charge in [0, 0.05) is 5.41 Å². The topological polar surface area (TPSA) is 0 Å². The fourth-order valence-corrected chi connectivity index (χ4v) is 3.36. The quantitative estimate of drug-likeness (QED) is 0.359. The second-order valence-corrected chi connectivity index (χ2v) is 6.74. The first-order chi connectivity index (χ1) is 6.16. The molecule has 0 aromatic carbocycles. The fraction of sp³-hybridized carbons (Fsp3) is 1.00. The Bertz CT molecular complexity index is 238. The Balaban J connectivity index is 2.52. The number of hydrogen-bond acceptors (Lipinski definition) is 0. The minimum Gasteiger partial charge on any atom is -0.199 e. The summed E-state index contributed by atoms with van der Waals surface area (Å²) in [5.41, 5.74) is -1.50. The zero-order valence-electron chi connectivity index (χ0n) is 7.72. The van der Waals surface area contributed by atoms with Crippen molar-refractivity contribution in [3.8, 4) is 0 Å². The molecule has 0 amide bonds. The van der Waals surface area contributed by atoms with E-state index in [4.69, 9.17) is 0 Å². The molecule has 3 fully saturated rings. The lowest BCUT2D eigenvalue weighted by Gasteiger charge is -2.58. The first-order valence-corrected chi connectivity index (χ1v) is 5.69. The fourth-order valence-electron chi connectivity index (χ4n) is 2.49. The predicted octanol–water partition coefficient (Wildman–Crippen LogP) is 4.02. The van der Waals surface area contributed by atoms with Crippen LogP contribution in [-0.2, 0) is 0 Å². The summed E-state index contributed by atoms with van der Waals surface area (Å²) >= 11 is 1.54. The molecular weight excluding hydrogens is 311 g/mol. The van der Waals surface area contributed by atoms with Crippen LogP contribution in [0.1, 0.15) is 32.6 Å². The van der Waals surface area contributed by atoms with Gasteiger partial charge in [0.25, 0.3) is 0 Å². The van der Waals surface area contributed by atoms with E-state index in [0.717, 1.165) is 0 Å². The molecule has 0 unspecified atom stereocenters. The maximum absolute atomic E-state index is 13.6. The second kappa shape index (κ2) is 2.58. The van der Waals surface area contributed by atoms with Gasteiger partial charge in [-0.05, 0) is 25.7 Å². The summed E-state index contributed by atoms with van der Waals surface area (Å²) in [4.78, 5) is 0. The number of hydrogen-bond donors (Lipinski definition) is 0. The van der Waals surface area contributed by atoms with Crippen LogP contribution < -0.4 is 0 Å². The van der Waals surface area contributed by atoms with Crippen molar-refractivity contribution < 1.29 is 17.6 Å². The standard InChI is InChI=1S/C9H11F4I/c1-6-2-4-7(14,5-3-6)9(12,13)8(6,10)11/h2-5H2,1H3. The van der Waals surface area contributed by atoms with Crippen LogP contribution >= 0.6 is 22.6 Å². The third kappa shape index (κ3) is 0.950. The van der Waals surface area contributed by atoms with Crippen molar-refractivity contribution in [2.45, 2.75) is 47.9 Å². The van der Waals surface area contributed by atoms with Crippen molar-refractivity contribution in [3.63, 3.8) is 0 Å². The molecular formula is C9H11F4I. The first kappa shape index (κ1) is 11.0. The van der Waals surface area contributed by atoms with E-state index in [2.05, 4.69) is 0 Å². The molecule has 3 aliphatic rings. The zero-order chi connectivity index (χ0) is 10.8. The van der Waals surface area contributed by atoms with Crippen LogP contribution in [0.5, 0.6) is 0 Å². The first-order valence-electron chi connectivity index (χ1n) is 4.61. The molecule has 0 aromatic heterocycles. The Labute approximate surface area is 93.6 Å². The molecule has 0 aliphatic heterocycles. The largest absolute Gasteiger partial charge is 0.324 e. The molecule has 0 atom stereocenters. The Morgan fingerprint density at radius 2 is 1.29 bits per heavy atom. The highest BCUT2D eigenvalue weighted by Crippen LogP contribution is 2.69. The highest BCUT2D eigenvalue weighted by atomic mass is 127. The molecule has 82 valence electrons. The molecule has 0 radical (unpaired) electrons. The van der Waals surface area contributed by atoms with Crippen molar-refractivity contribution in [2.75, 3.05) is 0 Å². The van der Waals surface area contributed by atoms with Gasteiger partial charge < -0.3 is 0 Å². The molecule has 0 nitrogen and oxygen atoms in total. The Morgan fingerprint density at radius 3 is 1.64 bits per heavy atom. The number of fused-ring (bicyclic) bond motifs is 3. The van der Waals surface area contributed by atoms with E-state index in [1.807, 2.05) is 0 Å². The van der Waals surface area contributed by atoms with E-state index in [-0.39, 0.29) is 25.7 Å². The lowest BCUT2D eigenvalue weighted by molar-refractivity contribution is -0.317. The van der Waals surface area contributed by atoms with E-state index < -0.39 is 20.7 Å². The third-order valence-electron chi connectivity index (χ3n) is 3.86. The zero-order valence-corrected chi connectivity index (χ0v) is 9.88. The van der Waals surface area contributed by atoms with Gasteiger partial charge in [-0.3, -0.25) is 0 Å². The van der Waals surface area contributed by atoms with Crippen LogP contribution in [0.3, 0.4) is 0 Å². The average Bonchev–Trinajstić information content (AvgIpc) is 2.07. The lowest BCUT2D eigenvalue weighted by atomic mass is 9.57. The minimum absolute atomic E-state index is 0.201. The number of rotatable bonds is 0. The molecule has 0 N–H and O–H groups in total. The molecule has 3 rings (SSSR count). The van der Waals surface area contributed by atoms with E-state index in [1.54, 1.807) is 0 Å². The van der Waals surface area contributed by atoms with Crippen LogP contribution in [0.25, 0.3) is 0 Å². The highest BCUT2D eigenvalue weighted by Gasteiger charge is 2.79. The highest BCUT2D eigenvalue weighted by molar-refractivity contribution is 14.1. The number of halogens is 5. The summed E-state index contributed by atoms with van der Waals surface area (Å²) in [6, 6.07) is 0. The summed E-state index contributed by atoms with van der Waals surface area (Å²) in [6.07, 6.45) is 0.816. The summed E-state index contributed by atoms with van der Waals surface area (Å²) < 4.78 is 52.7. The summed E-state index contributed by atoms with van der Waals surface area (Å²) in [5.74, 6) is -7.70.